The number of pyridine rings is 1. The van der Waals surface area contributed by atoms with Gasteiger partial charge in [-0.25, -0.2) is 13.6 Å². The van der Waals surface area contributed by atoms with Crippen molar-refractivity contribution in [1.29, 1.82) is 0 Å². The molecule has 40 heavy (non-hydrogen) atoms. The molecule has 2 unspecified atom stereocenters. The van der Waals surface area contributed by atoms with Crippen LogP contribution >= 0.6 is 0 Å². The first-order valence-electron chi connectivity index (χ1n) is 15.2. The highest BCUT2D eigenvalue weighted by Crippen LogP contribution is 2.44. The fourth-order valence-corrected chi connectivity index (χ4v) is 6.14. The molecule has 7 heteroatoms. The Labute approximate surface area is 239 Å². The molecular weight excluding hydrogens is 508 g/mol. The predicted octanol–water partition coefficient (Wildman–Crippen LogP) is 7.63. The number of rotatable bonds is 13. The minimum absolute atomic E-state index is 0.118. The minimum atomic E-state index is -2.73. The molecule has 1 saturated carbocycles. The Bertz CT molecular complexity index is 1120. The van der Waals surface area contributed by atoms with E-state index in [-0.39, 0.29) is 24.7 Å². The molecule has 1 N–H and O–H groups in total. The van der Waals surface area contributed by atoms with Gasteiger partial charge in [0.25, 0.3) is 0 Å². The summed E-state index contributed by atoms with van der Waals surface area (Å²) in [5.41, 5.74) is 6.69. The quantitative estimate of drug-likeness (QED) is 0.200. The van der Waals surface area contributed by atoms with E-state index in [1.165, 1.54) is 16.8 Å². The number of likely N-dealkylation sites (tertiary alicyclic amines) is 1. The van der Waals surface area contributed by atoms with Gasteiger partial charge in [0.2, 0.25) is 5.92 Å². The van der Waals surface area contributed by atoms with E-state index >= 15 is 8.78 Å². The number of hydrogen-bond acceptors (Lipinski definition) is 5. The molecule has 0 radical (unpaired) electrons. The van der Waals surface area contributed by atoms with Crippen LogP contribution < -0.4 is 5.32 Å². The number of nitrogens with one attached hydrogen (secondary N) is 1. The first-order valence-corrected chi connectivity index (χ1v) is 15.2. The zero-order valence-corrected chi connectivity index (χ0v) is 24.8. The van der Waals surface area contributed by atoms with Crippen LogP contribution in [-0.2, 0) is 9.53 Å². The van der Waals surface area contributed by atoms with Gasteiger partial charge in [-0.1, -0.05) is 23.8 Å². The molecular formula is C33H47F2N3O2. The Kier molecular flexibility index (Phi) is 10.6. The fourth-order valence-electron chi connectivity index (χ4n) is 6.14. The van der Waals surface area contributed by atoms with Gasteiger partial charge < -0.3 is 10.1 Å². The lowest BCUT2D eigenvalue weighted by Crippen LogP contribution is -2.35. The summed E-state index contributed by atoms with van der Waals surface area (Å²) in [6.45, 7) is 10.4. The number of aromatic nitrogens is 1. The second-order valence-corrected chi connectivity index (χ2v) is 12.0. The summed E-state index contributed by atoms with van der Waals surface area (Å²) in [4.78, 5) is 19.7. The van der Waals surface area contributed by atoms with Crippen molar-refractivity contribution in [3.8, 4) is 0 Å². The van der Waals surface area contributed by atoms with E-state index in [2.05, 4.69) is 43.2 Å². The monoisotopic (exact) mass is 555 g/mol. The second-order valence-electron chi connectivity index (χ2n) is 12.0. The molecule has 0 bridgehead atoms. The van der Waals surface area contributed by atoms with Gasteiger partial charge in [0.05, 0.1) is 6.61 Å². The molecule has 3 aliphatic rings. The van der Waals surface area contributed by atoms with Gasteiger partial charge in [0.15, 0.2) is 0 Å². The maximum absolute atomic E-state index is 15.2. The zero-order valence-electron chi connectivity index (χ0n) is 24.8. The number of nitrogens with zero attached hydrogens (tertiary/aromatic N) is 2. The van der Waals surface area contributed by atoms with Crippen molar-refractivity contribution < 1.29 is 18.3 Å². The molecule has 3 heterocycles. The third-order valence-corrected chi connectivity index (χ3v) is 8.52. The van der Waals surface area contributed by atoms with Crippen molar-refractivity contribution in [2.45, 2.75) is 103 Å². The summed E-state index contributed by atoms with van der Waals surface area (Å²) in [7, 11) is 0. The first kappa shape index (κ1) is 30.4. The zero-order chi connectivity index (χ0) is 28.7. The molecule has 0 spiro atoms. The standard InChI is InChI=1S/C33H47F2N3O2/c1-5-40-32(39)31(29-11-8-19-37-30(29)28-14-15-28)38-20-16-25(22-38)21-33(34,35)17-6-9-26(23(2)3)12-13-27-10-7-18-36-24(27)4/h8,11-13,19,25,28,31,36H,5-7,9-10,14-18,20-22H2,1-4H3/b13-12-. The summed E-state index contributed by atoms with van der Waals surface area (Å²) in [5.74, 6) is -2.79. The topological polar surface area (TPSA) is 54.5 Å². The van der Waals surface area contributed by atoms with Crippen LogP contribution in [0.15, 0.2) is 52.9 Å². The Balaban J connectivity index is 1.34. The summed E-state index contributed by atoms with van der Waals surface area (Å²) >= 11 is 0. The lowest BCUT2D eigenvalue weighted by molar-refractivity contribution is -0.149. The maximum Gasteiger partial charge on any atom is 0.328 e. The summed E-state index contributed by atoms with van der Waals surface area (Å²) in [6, 6.07) is 3.24. The van der Waals surface area contributed by atoms with Crippen LogP contribution in [0.3, 0.4) is 0 Å². The average molecular weight is 556 g/mol. The Morgan fingerprint density at radius 2 is 2.10 bits per heavy atom. The van der Waals surface area contributed by atoms with Crippen LogP contribution in [0.1, 0.15) is 109 Å². The summed E-state index contributed by atoms with van der Waals surface area (Å²) < 4.78 is 35.8. The lowest BCUT2D eigenvalue weighted by atomic mass is 9.94. The highest BCUT2D eigenvalue weighted by atomic mass is 19.3. The number of hydrogen-bond donors (Lipinski definition) is 1. The number of halogens is 2. The van der Waals surface area contributed by atoms with Crippen molar-refractivity contribution in [3.05, 3.63) is 64.2 Å². The van der Waals surface area contributed by atoms with Gasteiger partial charge in [-0.2, -0.15) is 0 Å². The molecule has 1 aromatic rings. The van der Waals surface area contributed by atoms with Crippen LogP contribution in [0.4, 0.5) is 8.78 Å². The number of carbonyl (C=O) groups is 1. The molecule has 1 saturated heterocycles. The predicted molar refractivity (Wildman–Crippen MR) is 156 cm³/mol. The highest BCUT2D eigenvalue weighted by molar-refractivity contribution is 5.78. The lowest BCUT2D eigenvalue weighted by Gasteiger charge is -2.28. The molecule has 1 aromatic heterocycles. The van der Waals surface area contributed by atoms with E-state index in [0.717, 1.165) is 49.1 Å². The van der Waals surface area contributed by atoms with Crippen molar-refractivity contribution in [1.82, 2.24) is 15.2 Å². The van der Waals surface area contributed by atoms with Gasteiger partial charge in [0.1, 0.15) is 6.04 Å². The van der Waals surface area contributed by atoms with Gasteiger partial charge in [-0.3, -0.25) is 9.88 Å². The molecule has 2 fully saturated rings. The van der Waals surface area contributed by atoms with Crippen molar-refractivity contribution in [2.75, 3.05) is 26.2 Å². The molecule has 4 rings (SSSR count). The van der Waals surface area contributed by atoms with Crippen molar-refractivity contribution >= 4 is 5.97 Å². The normalized spacial score (nSPS) is 21.0. The number of ether oxygens (including phenoxy) is 1. The van der Waals surface area contributed by atoms with Gasteiger partial charge in [0, 0.05) is 55.0 Å². The number of allylic oxidation sites excluding steroid dienone is 6. The number of esters is 1. The molecule has 5 nitrogen and oxygen atoms in total. The van der Waals surface area contributed by atoms with Crippen LogP contribution in [0.2, 0.25) is 0 Å². The van der Waals surface area contributed by atoms with Gasteiger partial charge in [-0.15, -0.1) is 0 Å². The first-order chi connectivity index (χ1) is 19.2. The van der Waals surface area contributed by atoms with Gasteiger partial charge >= 0.3 is 5.97 Å². The van der Waals surface area contributed by atoms with E-state index in [9.17, 15) is 4.79 Å². The third-order valence-electron chi connectivity index (χ3n) is 8.52. The molecule has 2 atom stereocenters. The minimum Gasteiger partial charge on any atom is -0.465 e. The number of carbonyl (C=O) groups excluding carboxylic acids is 1. The van der Waals surface area contributed by atoms with Crippen molar-refractivity contribution in [3.63, 3.8) is 0 Å². The Morgan fingerprint density at radius 1 is 1.30 bits per heavy atom. The Hall–Kier alpha value is -2.54. The largest absolute Gasteiger partial charge is 0.465 e. The molecule has 1 aliphatic carbocycles. The van der Waals surface area contributed by atoms with Gasteiger partial charge in [-0.05, 0) is 102 Å². The van der Waals surface area contributed by atoms with E-state index < -0.39 is 12.0 Å². The third kappa shape index (κ3) is 8.25. The average Bonchev–Trinajstić information content (AvgIpc) is 3.67. The van der Waals surface area contributed by atoms with Crippen LogP contribution in [0, 0.1) is 5.92 Å². The smallest absolute Gasteiger partial charge is 0.328 e. The molecule has 220 valence electrons. The summed E-state index contributed by atoms with van der Waals surface area (Å²) in [5, 5.41) is 3.41. The van der Waals surface area contributed by atoms with Crippen LogP contribution in [-0.4, -0.2) is 48.0 Å². The van der Waals surface area contributed by atoms with Crippen LogP contribution in [0.5, 0.6) is 0 Å². The number of alkyl halides is 2. The second kappa shape index (κ2) is 13.9. The fraction of sp³-hybridized carbons (Fsp3) is 0.636. The highest BCUT2D eigenvalue weighted by Gasteiger charge is 2.41. The van der Waals surface area contributed by atoms with E-state index in [1.807, 2.05) is 17.0 Å². The molecule has 0 aromatic carbocycles. The van der Waals surface area contributed by atoms with E-state index in [0.29, 0.717) is 44.9 Å². The molecule has 0 amide bonds. The SMILES string of the molecule is CCOC(=O)C(c1cccnc1C1CC1)N1CCC(CC(F)(F)CCCC(/C=C\C2=C(C)NCCC2)=C(C)C)C1. The van der Waals surface area contributed by atoms with Crippen LogP contribution in [0.25, 0.3) is 0 Å². The van der Waals surface area contributed by atoms with Crippen molar-refractivity contribution in [2.24, 2.45) is 5.92 Å². The maximum atomic E-state index is 15.2. The van der Waals surface area contributed by atoms with E-state index in [4.69, 9.17) is 4.74 Å². The summed E-state index contributed by atoms with van der Waals surface area (Å²) in [6.07, 6.45) is 11.9. The van der Waals surface area contributed by atoms with E-state index in [1.54, 1.807) is 13.1 Å². The Morgan fingerprint density at radius 3 is 2.80 bits per heavy atom. The molecule has 2 aliphatic heterocycles.